The van der Waals surface area contributed by atoms with Gasteiger partial charge in [-0.1, -0.05) is 17.8 Å². The molecule has 0 aliphatic carbocycles. The lowest BCUT2D eigenvalue weighted by Crippen LogP contribution is -2.28. The minimum Gasteiger partial charge on any atom is -0.478 e. The number of hydrogen-bond donors (Lipinski definition) is 1. The lowest BCUT2D eigenvalue weighted by molar-refractivity contribution is -0.117. The number of benzene rings is 1. The van der Waals surface area contributed by atoms with Gasteiger partial charge in [-0.2, -0.15) is 0 Å². The molecule has 0 radical (unpaired) electrons. The molecule has 1 saturated heterocycles. The number of carbonyl (C=O) groups is 3. The molecule has 1 fully saturated rings. The number of nitrogens with zero attached hydrogens (tertiary/aromatic N) is 1. The first kappa shape index (κ1) is 16.5. The molecule has 1 aliphatic heterocycles. The second-order valence-electron chi connectivity index (χ2n) is 5.59. The van der Waals surface area contributed by atoms with E-state index in [9.17, 15) is 19.5 Å². The van der Waals surface area contributed by atoms with Gasteiger partial charge in [0.05, 0.1) is 11.3 Å². The van der Waals surface area contributed by atoms with E-state index in [1.807, 2.05) is 13.8 Å². The summed E-state index contributed by atoms with van der Waals surface area (Å²) in [4.78, 5) is 36.4. The van der Waals surface area contributed by atoms with Crippen LogP contribution in [0.15, 0.2) is 12.1 Å². The predicted octanol–water partition coefficient (Wildman–Crippen LogP) is 2.63. The Balaban J connectivity index is 2.32. The number of amides is 1. The van der Waals surface area contributed by atoms with Crippen LogP contribution >= 0.6 is 11.8 Å². The fourth-order valence-corrected chi connectivity index (χ4v) is 3.36. The summed E-state index contributed by atoms with van der Waals surface area (Å²) < 4.78 is 0. The molecule has 0 aromatic heterocycles. The van der Waals surface area contributed by atoms with E-state index in [-0.39, 0.29) is 22.5 Å². The van der Waals surface area contributed by atoms with Gasteiger partial charge in [0.2, 0.25) is 5.91 Å². The van der Waals surface area contributed by atoms with Crippen LogP contribution in [0.1, 0.15) is 34.8 Å². The van der Waals surface area contributed by atoms with Crippen LogP contribution < -0.4 is 4.90 Å². The zero-order valence-electron chi connectivity index (χ0n) is 12.9. The smallest absolute Gasteiger partial charge is 0.337 e. The van der Waals surface area contributed by atoms with E-state index in [2.05, 4.69) is 0 Å². The zero-order valence-corrected chi connectivity index (χ0v) is 13.7. The lowest BCUT2D eigenvalue weighted by Gasteiger charge is -2.22. The van der Waals surface area contributed by atoms with Gasteiger partial charge in [0, 0.05) is 25.6 Å². The van der Waals surface area contributed by atoms with Crippen molar-refractivity contribution in [2.24, 2.45) is 5.92 Å². The lowest BCUT2D eigenvalue weighted by atomic mass is 10.0. The molecular formula is C16H19NO4S. The first-order valence-electron chi connectivity index (χ1n) is 7.08. The van der Waals surface area contributed by atoms with Gasteiger partial charge in [0.15, 0.2) is 5.12 Å². The summed E-state index contributed by atoms with van der Waals surface area (Å²) in [6, 6.07) is 3.30. The fraction of sp³-hybridized carbons (Fsp3) is 0.438. The van der Waals surface area contributed by atoms with E-state index in [1.54, 1.807) is 17.0 Å². The number of thioether (sulfide) groups is 1. The van der Waals surface area contributed by atoms with Crippen molar-refractivity contribution in [2.45, 2.75) is 27.2 Å². The Labute approximate surface area is 133 Å². The van der Waals surface area contributed by atoms with Gasteiger partial charge < -0.3 is 10.0 Å². The molecule has 1 N–H and O–H groups in total. The standard InChI is InChI=1S/C16H19NO4S/c1-9-4-5-13(16(20)21)15(10(9)2)17-7-12(6-14(17)19)8-22-11(3)18/h4-5,12H,6-8H2,1-3H3,(H,20,21). The molecule has 0 spiro atoms. The molecule has 1 amide bonds. The molecule has 1 aliphatic rings. The van der Waals surface area contributed by atoms with Crippen molar-refractivity contribution in [1.82, 2.24) is 0 Å². The van der Waals surface area contributed by atoms with Crippen molar-refractivity contribution >= 4 is 34.4 Å². The van der Waals surface area contributed by atoms with Crippen molar-refractivity contribution in [3.8, 4) is 0 Å². The Morgan fingerprint density at radius 1 is 1.36 bits per heavy atom. The molecule has 1 aromatic rings. The second-order valence-corrected chi connectivity index (χ2v) is 6.78. The molecule has 118 valence electrons. The van der Waals surface area contributed by atoms with Gasteiger partial charge in [-0.15, -0.1) is 0 Å². The highest BCUT2D eigenvalue weighted by molar-refractivity contribution is 8.13. The van der Waals surface area contributed by atoms with Crippen molar-refractivity contribution in [1.29, 1.82) is 0 Å². The van der Waals surface area contributed by atoms with Crippen LogP contribution in [0.4, 0.5) is 5.69 Å². The Kier molecular flexibility index (Phi) is 4.90. The zero-order chi connectivity index (χ0) is 16.4. The van der Waals surface area contributed by atoms with E-state index in [0.29, 0.717) is 24.4 Å². The van der Waals surface area contributed by atoms with E-state index in [1.165, 1.54) is 18.7 Å². The number of aryl methyl sites for hydroxylation is 1. The van der Waals surface area contributed by atoms with Gasteiger partial charge in [0.25, 0.3) is 0 Å². The van der Waals surface area contributed by atoms with E-state index < -0.39 is 5.97 Å². The molecule has 2 rings (SSSR count). The number of rotatable bonds is 4. The normalized spacial score (nSPS) is 17.9. The Morgan fingerprint density at radius 3 is 2.64 bits per heavy atom. The van der Waals surface area contributed by atoms with Gasteiger partial charge in [-0.05, 0) is 37.0 Å². The fourth-order valence-electron chi connectivity index (χ4n) is 2.67. The summed E-state index contributed by atoms with van der Waals surface area (Å²) in [6.45, 7) is 5.70. The summed E-state index contributed by atoms with van der Waals surface area (Å²) >= 11 is 1.21. The average Bonchev–Trinajstić information content (AvgIpc) is 2.80. The van der Waals surface area contributed by atoms with Crippen LogP contribution in [0.25, 0.3) is 0 Å². The third kappa shape index (κ3) is 3.32. The predicted molar refractivity (Wildman–Crippen MR) is 86.5 cm³/mol. The topological polar surface area (TPSA) is 74.7 Å². The maximum absolute atomic E-state index is 12.3. The maximum Gasteiger partial charge on any atom is 0.337 e. The number of hydrogen-bond acceptors (Lipinski definition) is 4. The summed E-state index contributed by atoms with van der Waals surface area (Å²) in [5.74, 6) is -0.453. The van der Waals surface area contributed by atoms with Crippen molar-refractivity contribution in [3.05, 3.63) is 28.8 Å². The number of carboxylic acid groups (broad SMARTS) is 1. The van der Waals surface area contributed by atoms with Gasteiger partial charge in [-0.25, -0.2) is 4.79 Å². The number of anilines is 1. The summed E-state index contributed by atoms with van der Waals surface area (Å²) in [7, 11) is 0. The van der Waals surface area contributed by atoms with Crippen LogP contribution in [0, 0.1) is 19.8 Å². The second kappa shape index (κ2) is 6.52. The molecule has 1 heterocycles. The largest absolute Gasteiger partial charge is 0.478 e. The van der Waals surface area contributed by atoms with Gasteiger partial charge >= 0.3 is 5.97 Å². The molecule has 5 nitrogen and oxygen atoms in total. The molecule has 22 heavy (non-hydrogen) atoms. The summed E-state index contributed by atoms with van der Waals surface area (Å²) in [5, 5.41) is 9.41. The van der Waals surface area contributed by atoms with Crippen LogP contribution in [-0.2, 0) is 9.59 Å². The Bertz CT molecular complexity index is 641. The summed E-state index contributed by atoms with van der Waals surface area (Å²) in [5.41, 5.74) is 2.41. The molecule has 0 bridgehead atoms. The third-order valence-corrected chi connectivity index (χ3v) is 4.97. The van der Waals surface area contributed by atoms with E-state index in [0.717, 1.165) is 11.1 Å². The molecule has 1 unspecified atom stereocenters. The highest BCUT2D eigenvalue weighted by atomic mass is 32.2. The monoisotopic (exact) mass is 321 g/mol. The number of carbonyl (C=O) groups excluding carboxylic acids is 2. The van der Waals surface area contributed by atoms with Crippen LogP contribution in [0.3, 0.4) is 0 Å². The summed E-state index contributed by atoms with van der Waals surface area (Å²) in [6.07, 6.45) is 0.354. The third-order valence-electron chi connectivity index (χ3n) is 3.93. The molecular weight excluding hydrogens is 302 g/mol. The molecule has 0 saturated carbocycles. The number of aromatic carboxylic acids is 1. The first-order valence-corrected chi connectivity index (χ1v) is 8.07. The highest BCUT2D eigenvalue weighted by Gasteiger charge is 2.34. The van der Waals surface area contributed by atoms with Gasteiger partial charge in [0.1, 0.15) is 0 Å². The maximum atomic E-state index is 12.3. The molecule has 1 aromatic carbocycles. The highest BCUT2D eigenvalue weighted by Crippen LogP contribution is 2.34. The SMILES string of the molecule is CC(=O)SCC1CC(=O)N(c2c(C(=O)O)ccc(C)c2C)C1. The van der Waals surface area contributed by atoms with Crippen LogP contribution in [0.2, 0.25) is 0 Å². The first-order chi connectivity index (χ1) is 10.3. The van der Waals surface area contributed by atoms with Crippen molar-refractivity contribution in [3.63, 3.8) is 0 Å². The van der Waals surface area contributed by atoms with Gasteiger partial charge in [-0.3, -0.25) is 9.59 Å². The Morgan fingerprint density at radius 2 is 2.05 bits per heavy atom. The average molecular weight is 321 g/mol. The van der Waals surface area contributed by atoms with E-state index >= 15 is 0 Å². The van der Waals surface area contributed by atoms with Crippen molar-refractivity contribution < 1.29 is 19.5 Å². The van der Waals surface area contributed by atoms with Crippen LogP contribution in [0.5, 0.6) is 0 Å². The minimum atomic E-state index is -1.03. The number of carboxylic acids is 1. The quantitative estimate of drug-likeness (QED) is 0.922. The van der Waals surface area contributed by atoms with Crippen molar-refractivity contribution in [2.75, 3.05) is 17.2 Å². The van der Waals surface area contributed by atoms with Crippen LogP contribution in [-0.4, -0.2) is 34.4 Å². The minimum absolute atomic E-state index is 0.0314. The molecule has 1 atom stereocenters. The Hall–Kier alpha value is -1.82. The van der Waals surface area contributed by atoms with E-state index in [4.69, 9.17) is 0 Å². The molecule has 6 heteroatoms.